The first kappa shape index (κ1) is 21.4. The minimum atomic E-state index is -4.46. The van der Waals surface area contributed by atoms with Gasteiger partial charge in [-0.05, 0) is 67.1 Å². The first-order valence-electron chi connectivity index (χ1n) is 8.73. The van der Waals surface area contributed by atoms with Gasteiger partial charge in [0.15, 0.2) is 0 Å². The van der Waals surface area contributed by atoms with Crippen molar-refractivity contribution < 1.29 is 26.4 Å². The molecule has 0 aliphatic carbocycles. The summed E-state index contributed by atoms with van der Waals surface area (Å²) < 4.78 is 65.2. The fraction of sp³-hybridized carbons (Fsp3) is 0.0952. The van der Waals surface area contributed by atoms with Gasteiger partial charge in [-0.25, -0.2) is 8.42 Å². The lowest BCUT2D eigenvalue weighted by molar-refractivity contribution is -0.137. The Morgan fingerprint density at radius 3 is 2.10 bits per heavy atom. The van der Waals surface area contributed by atoms with E-state index >= 15 is 0 Å². The molecule has 0 aliphatic heterocycles. The van der Waals surface area contributed by atoms with Gasteiger partial charge in [-0.3, -0.25) is 9.52 Å². The van der Waals surface area contributed by atoms with E-state index in [2.05, 4.69) is 10.0 Å². The second-order valence-electron chi connectivity index (χ2n) is 6.48. The standard InChI is InChI=1S/C21H17F3N2O3S/c1-14-13-15(20(27)25-17-10-8-16(9-11-17)21(22,23)24)7-12-19(14)26-30(28,29)18-5-3-2-4-6-18/h2-13,26H,1H3,(H,25,27). The van der Waals surface area contributed by atoms with Gasteiger partial charge in [0.25, 0.3) is 15.9 Å². The van der Waals surface area contributed by atoms with Crippen LogP contribution in [0, 0.1) is 6.92 Å². The molecule has 0 fully saturated rings. The van der Waals surface area contributed by atoms with Gasteiger partial charge >= 0.3 is 6.18 Å². The van der Waals surface area contributed by atoms with E-state index < -0.39 is 27.7 Å². The highest BCUT2D eigenvalue weighted by Crippen LogP contribution is 2.30. The molecule has 5 nitrogen and oxygen atoms in total. The Kier molecular flexibility index (Phi) is 5.84. The van der Waals surface area contributed by atoms with Gasteiger partial charge in [0.05, 0.1) is 16.1 Å². The molecule has 0 spiro atoms. The molecule has 0 saturated heterocycles. The molecule has 0 radical (unpaired) electrons. The number of alkyl halides is 3. The van der Waals surface area contributed by atoms with Crippen LogP contribution in [-0.2, 0) is 16.2 Å². The highest BCUT2D eigenvalue weighted by molar-refractivity contribution is 7.92. The molecular formula is C21H17F3N2O3S. The molecule has 0 aliphatic rings. The van der Waals surface area contributed by atoms with Crippen LogP contribution in [0.1, 0.15) is 21.5 Å². The molecule has 3 rings (SSSR count). The minimum absolute atomic E-state index is 0.105. The predicted octanol–water partition coefficient (Wildman–Crippen LogP) is 5.07. The molecule has 1 amide bonds. The van der Waals surface area contributed by atoms with E-state index in [0.717, 1.165) is 24.3 Å². The normalized spacial score (nSPS) is 11.7. The van der Waals surface area contributed by atoms with Crippen molar-refractivity contribution in [2.75, 3.05) is 10.0 Å². The van der Waals surface area contributed by atoms with Crippen LogP contribution in [0.4, 0.5) is 24.5 Å². The zero-order valence-electron chi connectivity index (χ0n) is 15.7. The fourth-order valence-electron chi connectivity index (χ4n) is 2.67. The lowest BCUT2D eigenvalue weighted by atomic mass is 10.1. The van der Waals surface area contributed by atoms with Crippen molar-refractivity contribution in [1.29, 1.82) is 0 Å². The molecule has 30 heavy (non-hydrogen) atoms. The number of halogens is 3. The largest absolute Gasteiger partial charge is 0.416 e. The maximum Gasteiger partial charge on any atom is 0.416 e. The van der Waals surface area contributed by atoms with E-state index in [1.165, 1.54) is 30.3 Å². The van der Waals surface area contributed by atoms with Crippen LogP contribution < -0.4 is 10.0 Å². The maximum absolute atomic E-state index is 12.6. The Morgan fingerprint density at radius 1 is 0.900 bits per heavy atom. The van der Waals surface area contributed by atoms with Crippen LogP contribution in [0.15, 0.2) is 77.7 Å². The summed E-state index contributed by atoms with van der Waals surface area (Å²) in [5.74, 6) is -0.532. The van der Waals surface area contributed by atoms with Crippen LogP contribution in [0.25, 0.3) is 0 Å². The van der Waals surface area contributed by atoms with Crippen LogP contribution >= 0.6 is 0 Å². The van der Waals surface area contributed by atoms with Crippen LogP contribution in [-0.4, -0.2) is 14.3 Å². The average Bonchev–Trinajstić information content (AvgIpc) is 2.70. The highest BCUT2D eigenvalue weighted by Gasteiger charge is 2.30. The third-order valence-corrected chi connectivity index (χ3v) is 5.64. The minimum Gasteiger partial charge on any atom is -0.322 e. The van der Waals surface area contributed by atoms with E-state index in [-0.39, 0.29) is 16.1 Å². The Hall–Kier alpha value is -3.33. The molecule has 3 aromatic rings. The number of hydrogen-bond donors (Lipinski definition) is 2. The topological polar surface area (TPSA) is 75.3 Å². The molecule has 0 heterocycles. The molecule has 156 valence electrons. The number of rotatable bonds is 5. The van der Waals surface area contributed by atoms with Gasteiger partial charge < -0.3 is 5.32 Å². The van der Waals surface area contributed by atoms with Crippen LogP contribution in [0.2, 0.25) is 0 Å². The van der Waals surface area contributed by atoms with Crippen molar-refractivity contribution in [3.8, 4) is 0 Å². The summed E-state index contributed by atoms with van der Waals surface area (Å²) >= 11 is 0. The number of hydrogen-bond acceptors (Lipinski definition) is 3. The summed E-state index contributed by atoms with van der Waals surface area (Å²) in [6.45, 7) is 1.64. The van der Waals surface area contributed by atoms with E-state index in [0.29, 0.717) is 11.3 Å². The zero-order chi connectivity index (χ0) is 21.9. The molecular weight excluding hydrogens is 417 g/mol. The van der Waals surface area contributed by atoms with Crippen molar-refractivity contribution in [1.82, 2.24) is 0 Å². The van der Waals surface area contributed by atoms with Gasteiger partial charge in [0.2, 0.25) is 0 Å². The molecule has 0 aromatic heterocycles. The van der Waals surface area contributed by atoms with Crippen molar-refractivity contribution in [2.24, 2.45) is 0 Å². The van der Waals surface area contributed by atoms with Crippen molar-refractivity contribution in [3.05, 3.63) is 89.5 Å². The smallest absolute Gasteiger partial charge is 0.322 e. The fourth-order valence-corrected chi connectivity index (χ4v) is 3.82. The lowest BCUT2D eigenvalue weighted by Gasteiger charge is -2.12. The second-order valence-corrected chi connectivity index (χ2v) is 8.16. The number of amides is 1. The monoisotopic (exact) mass is 434 g/mol. The van der Waals surface area contributed by atoms with Gasteiger partial charge in [-0.15, -0.1) is 0 Å². The van der Waals surface area contributed by atoms with E-state index in [1.807, 2.05) is 0 Å². The van der Waals surface area contributed by atoms with Gasteiger partial charge in [-0.1, -0.05) is 18.2 Å². The van der Waals surface area contributed by atoms with Gasteiger partial charge in [0, 0.05) is 11.3 Å². The van der Waals surface area contributed by atoms with Crippen molar-refractivity contribution >= 4 is 27.3 Å². The number of carbonyl (C=O) groups is 1. The second kappa shape index (κ2) is 8.19. The SMILES string of the molecule is Cc1cc(C(=O)Nc2ccc(C(F)(F)F)cc2)ccc1NS(=O)(=O)c1ccccc1. The van der Waals surface area contributed by atoms with Crippen molar-refractivity contribution in [2.45, 2.75) is 18.0 Å². The summed E-state index contributed by atoms with van der Waals surface area (Å²) in [6, 6.07) is 16.3. The van der Waals surface area contributed by atoms with Crippen LogP contribution in [0.5, 0.6) is 0 Å². The highest BCUT2D eigenvalue weighted by atomic mass is 32.2. The van der Waals surface area contributed by atoms with E-state index in [9.17, 15) is 26.4 Å². The zero-order valence-corrected chi connectivity index (χ0v) is 16.5. The van der Waals surface area contributed by atoms with E-state index in [1.54, 1.807) is 25.1 Å². The molecule has 9 heteroatoms. The summed E-state index contributed by atoms with van der Waals surface area (Å²) in [5.41, 5.74) is 0.445. The third-order valence-electron chi connectivity index (χ3n) is 4.26. The summed E-state index contributed by atoms with van der Waals surface area (Å²) in [6.07, 6.45) is -4.46. The number of aryl methyl sites for hydroxylation is 1. The third kappa shape index (κ3) is 4.98. The Labute approximate surface area is 171 Å². The maximum atomic E-state index is 12.6. The number of sulfonamides is 1. The van der Waals surface area contributed by atoms with Crippen molar-refractivity contribution in [3.63, 3.8) is 0 Å². The molecule has 0 bridgehead atoms. The van der Waals surface area contributed by atoms with E-state index in [4.69, 9.17) is 0 Å². The molecule has 0 saturated carbocycles. The average molecular weight is 434 g/mol. The first-order valence-corrected chi connectivity index (χ1v) is 10.2. The van der Waals surface area contributed by atoms with Gasteiger partial charge in [0.1, 0.15) is 0 Å². The molecule has 2 N–H and O–H groups in total. The molecule has 0 unspecified atom stereocenters. The van der Waals surface area contributed by atoms with Crippen LogP contribution in [0.3, 0.4) is 0 Å². The Bertz CT molecular complexity index is 1160. The first-order chi connectivity index (χ1) is 14.1. The van der Waals surface area contributed by atoms with Gasteiger partial charge in [-0.2, -0.15) is 13.2 Å². The lowest BCUT2D eigenvalue weighted by Crippen LogP contribution is -2.15. The number of anilines is 2. The predicted molar refractivity (Wildman–Crippen MR) is 108 cm³/mol. The Balaban J connectivity index is 1.74. The Morgan fingerprint density at radius 2 is 1.53 bits per heavy atom. The summed E-state index contributed by atoms with van der Waals surface area (Å²) in [4.78, 5) is 12.5. The number of benzene rings is 3. The quantitative estimate of drug-likeness (QED) is 0.589. The summed E-state index contributed by atoms with van der Waals surface area (Å²) in [5, 5.41) is 2.51. The number of nitrogens with one attached hydrogen (secondary N) is 2. The molecule has 3 aromatic carbocycles. The molecule has 0 atom stereocenters. The summed E-state index contributed by atoms with van der Waals surface area (Å²) in [7, 11) is -3.78. The number of carbonyl (C=O) groups excluding carboxylic acids is 1.